The number of rotatable bonds is 15. The highest BCUT2D eigenvalue weighted by atomic mass is 19.4. The first kappa shape index (κ1) is 29.6. The molecule has 0 aromatic heterocycles. The van der Waals surface area contributed by atoms with Gasteiger partial charge in [0, 0.05) is 5.56 Å². The zero-order valence-corrected chi connectivity index (χ0v) is 20.9. The topological polar surface area (TPSA) is 35.5 Å². The summed E-state index contributed by atoms with van der Waals surface area (Å²) in [5.74, 6) is -3.83. The minimum absolute atomic E-state index is 0.123. The molecule has 0 saturated heterocycles. The molecule has 0 amide bonds. The number of hydrogen-bond donors (Lipinski definition) is 0. The summed E-state index contributed by atoms with van der Waals surface area (Å²) in [5, 5.41) is 0. The predicted molar refractivity (Wildman–Crippen MR) is 130 cm³/mol. The van der Waals surface area contributed by atoms with Gasteiger partial charge in [-0.3, -0.25) is 0 Å². The van der Waals surface area contributed by atoms with Gasteiger partial charge in [0.05, 0.1) is 12.2 Å². The summed E-state index contributed by atoms with van der Waals surface area (Å²) >= 11 is 0. The molecule has 3 nitrogen and oxygen atoms in total. The summed E-state index contributed by atoms with van der Waals surface area (Å²) in [7, 11) is 0. The fourth-order valence-electron chi connectivity index (χ4n) is 3.80. The Morgan fingerprint density at radius 2 is 1.42 bits per heavy atom. The van der Waals surface area contributed by atoms with Crippen LogP contribution in [0.1, 0.15) is 88.4 Å². The molecule has 0 spiro atoms. The third-order valence-corrected chi connectivity index (χ3v) is 5.92. The fraction of sp³-hybridized carbons (Fsp3) is 0.536. The molecule has 0 heterocycles. The van der Waals surface area contributed by atoms with E-state index >= 15 is 0 Å². The van der Waals surface area contributed by atoms with Gasteiger partial charge >= 0.3 is 12.1 Å². The molecule has 0 aliphatic rings. The van der Waals surface area contributed by atoms with Crippen molar-refractivity contribution in [1.82, 2.24) is 0 Å². The van der Waals surface area contributed by atoms with Crippen molar-refractivity contribution >= 4 is 5.97 Å². The maximum Gasteiger partial charge on any atom is 0.425 e. The Bertz CT molecular complexity index is 941. The largest absolute Gasteiger partial charge is 0.494 e. The van der Waals surface area contributed by atoms with Crippen LogP contribution in [-0.4, -0.2) is 24.9 Å². The van der Waals surface area contributed by atoms with E-state index in [-0.39, 0.29) is 12.0 Å². The third-order valence-electron chi connectivity index (χ3n) is 5.92. The van der Waals surface area contributed by atoms with Crippen LogP contribution < -0.4 is 4.74 Å². The highest BCUT2D eigenvalue weighted by molar-refractivity contribution is 5.90. The average molecular weight is 515 g/mol. The lowest BCUT2D eigenvalue weighted by atomic mass is 10.0. The number of hydrogen-bond acceptors (Lipinski definition) is 3. The van der Waals surface area contributed by atoms with Gasteiger partial charge in [-0.05, 0) is 43.0 Å². The van der Waals surface area contributed by atoms with Gasteiger partial charge in [0.2, 0.25) is 0 Å². The van der Waals surface area contributed by atoms with E-state index < -0.39 is 41.9 Å². The first-order valence-electron chi connectivity index (χ1n) is 12.7. The van der Waals surface area contributed by atoms with E-state index in [1.54, 1.807) is 24.3 Å². The van der Waals surface area contributed by atoms with Crippen LogP contribution in [0.2, 0.25) is 0 Å². The molecule has 8 heteroatoms. The number of carbonyl (C=O) groups is 1. The summed E-state index contributed by atoms with van der Waals surface area (Å²) in [5.41, 5.74) is -0.660. The van der Waals surface area contributed by atoms with E-state index in [0.29, 0.717) is 30.8 Å². The highest BCUT2D eigenvalue weighted by Gasteiger charge is 2.42. The van der Waals surface area contributed by atoms with Gasteiger partial charge in [-0.25, -0.2) is 13.6 Å². The zero-order valence-electron chi connectivity index (χ0n) is 20.9. The van der Waals surface area contributed by atoms with Crippen LogP contribution in [0.25, 0.3) is 11.1 Å². The van der Waals surface area contributed by atoms with Gasteiger partial charge in [-0.2, -0.15) is 13.2 Å². The molecule has 2 aromatic rings. The maximum absolute atomic E-state index is 14.8. The second-order valence-electron chi connectivity index (χ2n) is 8.86. The van der Waals surface area contributed by atoms with Crippen LogP contribution in [0.4, 0.5) is 22.0 Å². The molecule has 0 bridgehead atoms. The van der Waals surface area contributed by atoms with Crippen molar-refractivity contribution in [3.63, 3.8) is 0 Å². The lowest BCUT2D eigenvalue weighted by Gasteiger charge is -2.21. The Labute approximate surface area is 210 Å². The molecule has 200 valence electrons. The fourth-order valence-corrected chi connectivity index (χ4v) is 3.80. The monoisotopic (exact) mass is 514 g/mol. The van der Waals surface area contributed by atoms with E-state index in [0.717, 1.165) is 25.0 Å². The lowest BCUT2D eigenvalue weighted by Crippen LogP contribution is -2.34. The molecule has 0 saturated carbocycles. The minimum Gasteiger partial charge on any atom is -0.494 e. The van der Waals surface area contributed by atoms with Crippen molar-refractivity contribution in [3.8, 4) is 16.9 Å². The number of ether oxygens (including phenoxy) is 2. The zero-order chi connectivity index (χ0) is 26.6. The van der Waals surface area contributed by atoms with E-state index in [1.165, 1.54) is 25.7 Å². The van der Waals surface area contributed by atoms with Crippen LogP contribution in [0.15, 0.2) is 36.4 Å². The first-order valence-corrected chi connectivity index (χ1v) is 12.7. The maximum atomic E-state index is 14.8. The van der Waals surface area contributed by atoms with Gasteiger partial charge in [-0.15, -0.1) is 0 Å². The van der Waals surface area contributed by atoms with Gasteiger partial charge in [0.15, 0.2) is 17.7 Å². The number of esters is 1. The van der Waals surface area contributed by atoms with Crippen LogP contribution >= 0.6 is 0 Å². The van der Waals surface area contributed by atoms with Crippen molar-refractivity contribution in [1.29, 1.82) is 0 Å². The van der Waals surface area contributed by atoms with E-state index in [2.05, 4.69) is 11.7 Å². The summed E-state index contributed by atoms with van der Waals surface area (Å²) in [4.78, 5) is 12.3. The second kappa shape index (κ2) is 14.8. The normalized spacial score (nSPS) is 12.4. The van der Waals surface area contributed by atoms with E-state index in [1.807, 2.05) is 6.92 Å². The van der Waals surface area contributed by atoms with Crippen LogP contribution in [0, 0.1) is 11.6 Å². The molecule has 36 heavy (non-hydrogen) atoms. The second-order valence-corrected chi connectivity index (χ2v) is 8.86. The quantitative estimate of drug-likeness (QED) is 0.135. The van der Waals surface area contributed by atoms with Crippen molar-refractivity contribution in [2.75, 3.05) is 6.61 Å². The molecule has 1 unspecified atom stereocenters. The molecule has 0 aliphatic heterocycles. The molecular formula is C28H35F5O3. The van der Waals surface area contributed by atoms with Gasteiger partial charge in [0.25, 0.3) is 0 Å². The highest BCUT2D eigenvalue weighted by Crippen LogP contribution is 2.31. The minimum atomic E-state index is -4.79. The average Bonchev–Trinajstić information content (AvgIpc) is 2.84. The van der Waals surface area contributed by atoms with Gasteiger partial charge in [-0.1, -0.05) is 77.0 Å². The van der Waals surface area contributed by atoms with Crippen molar-refractivity contribution < 1.29 is 36.2 Å². The number of unbranched alkanes of at least 4 members (excludes halogenated alkanes) is 7. The predicted octanol–water partition coefficient (Wildman–Crippen LogP) is 9.04. The Balaban J connectivity index is 2.03. The van der Waals surface area contributed by atoms with Crippen molar-refractivity contribution in [2.24, 2.45) is 0 Å². The molecule has 0 N–H and O–H groups in total. The summed E-state index contributed by atoms with van der Waals surface area (Å²) in [6.07, 6.45) is 0.631. The van der Waals surface area contributed by atoms with Gasteiger partial charge < -0.3 is 9.47 Å². The smallest absolute Gasteiger partial charge is 0.425 e. The van der Waals surface area contributed by atoms with Crippen LogP contribution in [0.5, 0.6) is 5.75 Å². The van der Waals surface area contributed by atoms with Crippen LogP contribution in [0.3, 0.4) is 0 Å². The Morgan fingerprint density at radius 3 is 2.06 bits per heavy atom. The molecule has 0 fully saturated rings. The Morgan fingerprint density at radius 1 is 0.806 bits per heavy atom. The molecular weight excluding hydrogens is 479 g/mol. The van der Waals surface area contributed by atoms with Crippen LogP contribution in [-0.2, 0) is 4.74 Å². The molecule has 0 radical (unpaired) electrons. The standard InChI is InChI=1S/C28H35F5O3/c1-3-5-7-8-9-11-19-35-21-15-13-20(14-16-21)22-17-18-23(26(30)25(22)29)27(34)36-24(28(31,32)33)12-10-6-4-2/h13-18,24H,3-12,19H2,1-2H3. The Kier molecular flexibility index (Phi) is 12.2. The summed E-state index contributed by atoms with van der Waals surface area (Å²) in [6.45, 7) is 4.55. The van der Waals surface area contributed by atoms with Crippen molar-refractivity contribution in [2.45, 2.75) is 90.3 Å². The number of alkyl halides is 3. The summed E-state index contributed by atoms with van der Waals surface area (Å²) < 4.78 is 79.3. The molecule has 1 atom stereocenters. The number of halogens is 5. The lowest BCUT2D eigenvalue weighted by molar-refractivity contribution is -0.206. The molecule has 2 rings (SSSR count). The number of carbonyl (C=O) groups excluding carboxylic acids is 1. The number of benzene rings is 2. The molecule has 2 aromatic carbocycles. The first-order chi connectivity index (χ1) is 17.2. The van der Waals surface area contributed by atoms with E-state index in [4.69, 9.17) is 4.74 Å². The molecule has 0 aliphatic carbocycles. The Hall–Kier alpha value is -2.64. The van der Waals surface area contributed by atoms with Gasteiger partial charge in [0.1, 0.15) is 5.75 Å². The third kappa shape index (κ3) is 9.10. The summed E-state index contributed by atoms with van der Waals surface area (Å²) in [6, 6.07) is 8.48. The SMILES string of the molecule is CCCCCCCCOc1ccc(-c2ccc(C(=O)OC(CCCCC)C(F)(F)F)c(F)c2F)cc1. The van der Waals surface area contributed by atoms with E-state index in [9.17, 15) is 26.7 Å². The van der Waals surface area contributed by atoms with Crippen molar-refractivity contribution in [3.05, 3.63) is 53.6 Å².